The Morgan fingerprint density at radius 2 is 2.25 bits per heavy atom. The normalized spacial score (nSPS) is 12.6. The Morgan fingerprint density at radius 1 is 1.45 bits per heavy atom. The van der Waals surface area contributed by atoms with Gasteiger partial charge in [0.15, 0.2) is 0 Å². The van der Waals surface area contributed by atoms with Crippen LogP contribution in [0.3, 0.4) is 0 Å². The van der Waals surface area contributed by atoms with Crippen molar-refractivity contribution >= 4 is 15.9 Å². The Kier molecular flexibility index (Phi) is 5.31. The molecular weight excluding hydrogens is 321 g/mol. The fourth-order valence-corrected chi connectivity index (χ4v) is 2.94. The van der Waals surface area contributed by atoms with Crippen LogP contribution in [-0.4, -0.2) is 16.1 Å². The lowest BCUT2D eigenvalue weighted by Gasteiger charge is -2.19. The van der Waals surface area contributed by atoms with Crippen LogP contribution in [0, 0.1) is 5.82 Å². The van der Waals surface area contributed by atoms with Crippen LogP contribution in [0.2, 0.25) is 0 Å². The largest absolute Gasteiger partial charge is 0.338 e. The summed E-state index contributed by atoms with van der Waals surface area (Å²) < 4.78 is 16.0. The van der Waals surface area contributed by atoms with E-state index in [-0.39, 0.29) is 11.9 Å². The van der Waals surface area contributed by atoms with Gasteiger partial charge < -0.3 is 9.88 Å². The maximum atomic E-state index is 13.2. The highest BCUT2D eigenvalue weighted by atomic mass is 79.9. The van der Waals surface area contributed by atoms with Crippen molar-refractivity contribution in [1.82, 2.24) is 14.9 Å². The van der Waals surface area contributed by atoms with Crippen LogP contribution < -0.4 is 5.32 Å². The monoisotopic (exact) mass is 339 g/mol. The van der Waals surface area contributed by atoms with Crippen LogP contribution in [0.4, 0.5) is 4.39 Å². The zero-order valence-electron chi connectivity index (χ0n) is 11.7. The van der Waals surface area contributed by atoms with Crippen molar-refractivity contribution in [1.29, 1.82) is 0 Å². The lowest BCUT2D eigenvalue weighted by molar-refractivity contribution is 0.502. The molecule has 0 bridgehead atoms. The molecule has 1 atom stereocenters. The van der Waals surface area contributed by atoms with Gasteiger partial charge in [0.05, 0.1) is 0 Å². The highest BCUT2D eigenvalue weighted by molar-refractivity contribution is 9.10. The van der Waals surface area contributed by atoms with Gasteiger partial charge in [-0.1, -0.05) is 28.9 Å². The van der Waals surface area contributed by atoms with Gasteiger partial charge in [0.2, 0.25) is 0 Å². The molecule has 0 aliphatic heterocycles. The molecule has 3 nitrogen and oxygen atoms in total. The van der Waals surface area contributed by atoms with Gasteiger partial charge in [-0.15, -0.1) is 0 Å². The van der Waals surface area contributed by atoms with Crippen molar-refractivity contribution in [3.05, 3.63) is 52.3 Å². The summed E-state index contributed by atoms with van der Waals surface area (Å²) in [6, 6.07) is 5.04. The van der Waals surface area contributed by atoms with E-state index in [1.165, 1.54) is 12.1 Å². The van der Waals surface area contributed by atoms with Crippen LogP contribution in [0.1, 0.15) is 30.8 Å². The third kappa shape index (κ3) is 3.67. The molecule has 0 amide bonds. The average molecular weight is 340 g/mol. The smallest absolute Gasteiger partial charge is 0.124 e. The van der Waals surface area contributed by atoms with E-state index in [4.69, 9.17) is 0 Å². The topological polar surface area (TPSA) is 29.9 Å². The number of hydrogen-bond donors (Lipinski definition) is 1. The van der Waals surface area contributed by atoms with Crippen molar-refractivity contribution in [2.75, 3.05) is 6.54 Å². The summed E-state index contributed by atoms with van der Waals surface area (Å²) in [6.45, 7) is 2.94. The van der Waals surface area contributed by atoms with E-state index in [0.717, 1.165) is 35.2 Å². The van der Waals surface area contributed by atoms with E-state index in [0.29, 0.717) is 0 Å². The third-order valence-electron chi connectivity index (χ3n) is 3.37. The Hall–Kier alpha value is -1.20. The number of hydrogen-bond acceptors (Lipinski definition) is 2. The molecule has 0 radical (unpaired) electrons. The molecule has 0 spiro atoms. The molecule has 0 aliphatic rings. The number of benzene rings is 1. The van der Waals surface area contributed by atoms with Gasteiger partial charge in [-0.05, 0) is 30.7 Å². The molecule has 1 heterocycles. The molecule has 20 heavy (non-hydrogen) atoms. The van der Waals surface area contributed by atoms with E-state index >= 15 is 0 Å². The Morgan fingerprint density at radius 3 is 2.85 bits per heavy atom. The van der Waals surface area contributed by atoms with Crippen LogP contribution in [0.5, 0.6) is 0 Å². The second-order valence-electron chi connectivity index (χ2n) is 4.77. The van der Waals surface area contributed by atoms with Gasteiger partial charge >= 0.3 is 0 Å². The predicted molar refractivity (Wildman–Crippen MR) is 82.0 cm³/mol. The van der Waals surface area contributed by atoms with Crippen LogP contribution in [0.25, 0.3) is 0 Å². The zero-order chi connectivity index (χ0) is 14.5. The first-order chi connectivity index (χ1) is 9.61. The molecule has 1 aromatic carbocycles. The number of imidazole rings is 1. The molecule has 0 saturated carbocycles. The van der Waals surface area contributed by atoms with Crippen LogP contribution in [0.15, 0.2) is 35.1 Å². The van der Waals surface area contributed by atoms with E-state index in [1.807, 2.05) is 30.1 Å². The van der Waals surface area contributed by atoms with E-state index in [2.05, 4.69) is 33.2 Å². The Bertz CT molecular complexity index is 568. The van der Waals surface area contributed by atoms with Gasteiger partial charge in [0.1, 0.15) is 11.6 Å². The first-order valence-corrected chi connectivity index (χ1v) is 7.55. The SMILES string of the molecule is CCNC(CCc1nccn1C)c1ccc(F)cc1Br. The molecule has 2 aromatic rings. The number of halogens is 2. The summed E-state index contributed by atoms with van der Waals surface area (Å²) in [5, 5.41) is 3.45. The van der Waals surface area contributed by atoms with Gasteiger partial charge in [-0.3, -0.25) is 0 Å². The molecular formula is C15H19BrFN3. The minimum absolute atomic E-state index is 0.187. The fourth-order valence-electron chi connectivity index (χ4n) is 2.31. The molecule has 108 valence electrons. The summed E-state index contributed by atoms with van der Waals surface area (Å²) >= 11 is 3.45. The van der Waals surface area contributed by atoms with Gasteiger partial charge in [0.25, 0.3) is 0 Å². The number of aromatic nitrogens is 2. The standard InChI is InChI=1S/C15H19BrFN3/c1-3-18-14(6-7-15-19-8-9-20(15)2)12-5-4-11(17)10-13(12)16/h4-5,8-10,14,18H,3,6-7H2,1-2H3. The quantitative estimate of drug-likeness (QED) is 0.871. The summed E-state index contributed by atoms with van der Waals surface area (Å²) in [5.74, 6) is 0.839. The van der Waals surface area contributed by atoms with E-state index < -0.39 is 0 Å². The number of aryl methyl sites for hydroxylation is 2. The van der Waals surface area contributed by atoms with Crippen LogP contribution in [-0.2, 0) is 13.5 Å². The third-order valence-corrected chi connectivity index (χ3v) is 4.05. The summed E-state index contributed by atoms with van der Waals surface area (Å²) in [5.41, 5.74) is 1.09. The maximum absolute atomic E-state index is 13.2. The summed E-state index contributed by atoms with van der Waals surface area (Å²) in [7, 11) is 2.00. The Labute approximate surface area is 127 Å². The predicted octanol–water partition coefficient (Wildman–Crippen LogP) is 3.61. The highest BCUT2D eigenvalue weighted by Crippen LogP contribution is 2.27. The lowest BCUT2D eigenvalue weighted by Crippen LogP contribution is -2.22. The fraction of sp³-hybridized carbons (Fsp3) is 0.400. The van der Waals surface area contributed by atoms with Crippen molar-refractivity contribution in [2.45, 2.75) is 25.8 Å². The van der Waals surface area contributed by atoms with Gasteiger partial charge in [-0.2, -0.15) is 0 Å². The minimum Gasteiger partial charge on any atom is -0.338 e. The number of nitrogens with zero attached hydrogens (tertiary/aromatic N) is 2. The Balaban J connectivity index is 2.12. The van der Waals surface area contributed by atoms with E-state index in [1.54, 1.807) is 0 Å². The van der Waals surface area contributed by atoms with Crippen molar-refractivity contribution < 1.29 is 4.39 Å². The second-order valence-corrected chi connectivity index (χ2v) is 5.62. The first kappa shape index (κ1) is 15.2. The van der Waals surface area contributed by atoms with E-state index in [9.17, 15) is 4.39 Å². The van der Waals surface area contributed by atoms with Crippen LogP contribution >= 0.6 is 15.9 Å². The first-order valence-electron chi connectivity index (χ1n) is 6.76. The molecule has 0 saturated heterocycles. The molecule has 0 aliphatic carbocycles. The summed E-state index contributed by atoms with van der Waals surface area (Å²) in [6.07, 6.45) is 5.56. The molecule has 1 aromatic heterocycles. The number of rotatable bonds is 6. The van der Waals surface area contributed by atoms with Gasteiger partial charge in [-0.25, -0.2) is 9.37 Å². The molecule has 2 rings (SSSR count). The average Bonchev–Trinajstić information content (AvgIpc) is 2.81. The molecule has 5 heteroatoms. The van der Waals surface area contributed by atoms with Gasteiger partial charge in [0, 0.05) is 36.4 Å². The number of nitrogens with one attached hydrogen (secondary N) is 1. The maximum Gasteiger partial charge on any atom is 0.124 e. The molecule has 1 N–H and O–H groups in total. The van der Waals surface area contributed by atoms with Crippen molar-refractivity contribution in [2.24, 2.45) is 7.05 Å². The lowest BCUT2D eigenvalue weighted by atomic mass is 10.0. The summed E-state index contributed by atoms with van der Waals surface area (Å²) in [4.78, 5) is 4.34. The minimum atomic E-state index is -0.222. The molecule has 1 unspecified atom stereocenters. The zero-order valence-corrected chi connectivity index (χ0v) is 13.3. The van der Waals surface area contributed by atoms with Crippen molar-refractivity contribution in [3.63, 3.8) is 0 Å². The second kappa shape index (κ2) is 6.99. The highest BCUT2D eigenvalue weighted by Gasteiger charge is 2.15. The molecule has 0 fully saturated rings. The van der Waals surface area contributed by atoms with Crippen molar-refractivity contribution in [3.8, 4) is 0 Å².